The van der Waals surface area contributed by atoms with Crippen LogP contribution in [0.2, 0.25) is 0 Å². The van der Waals surface area contributed by atoms with Crippen molar-refractivity contribution in [1.29, 1.82) is 0 Å². The minimum Gasteiger partial charge on any atom is -0.353 e. The van der Waals surface area contributed by atoms with Gasteiger partial charge in [0.2, 0.25) is 11.8 Å². The molecule has 1 saturated carbocycles. The van der Waals surface area contributed by atoms with Gasteiger partial charge in [-0.15, -0.1) is 11.8 Å². The number of hydrogen-bond acceptors (Lipinski definition) is 3. The van der Waals surface area contributed by atoms with Gasteiger partial charge in [-0.1, -0.05) is 42.5 Å². The fourth-order valence-corrected chi connectivity index (χ4v) is 5.09. The quantitative estimate of drug-likeness (QED) is 0.830. The normalized spacial score (nSPS) is 24.6. The molecule has 4 rings (SSSR count). The van der Waals surface area contributed by atoms with Gasteiger partial charge in [0.15, 0.2) is 0 Å². The Morgan fingerprint density at radius 1 is 1.00 bits per heavy atom. The van der Waals surface area contributed by atoms with E-state index in [0.29, 0.717) is 5.92 Å². The lowest BCUT2D eigenvalue weighted by atomic mass is 9.82. The van der Waals surface area contributed by atoms with Crippen LogP contribution >= 0.6 is 11.8 Å². The third-order valence-electron chi connectivity index (χ3n) is 5.44. The summed E-state index contributed by atoms with van der Waals surface area (Å²) in [4.78, 5) is 25.8. The van der Waals surface area contributed by atoms with Gasteiger partial charge >= 0.3 is 0 Å². The lowest BCUT2D eigenvalue weighted by molar-refractivity contribution is -0.124. The van der Waals surface area contributed by atoms with Crippen LogP contribution in [0.1, 0.15) is 43.6 Å². The van der Waals surface area contributed by atoms with Crippen LogP contribution in [-0.2, 0) is 9.59 Å². The van der Waals surface area contributed by atoms with Gasteiger partial charge in [0.1, 0.15) is 0 Å². The van der Waals surface area contributed by atoms with E-state index in [9.17, 15) is 9.59 Å². The first kappa shape index (κ1) is 18.1. The Kier molecular flexibility index (Phi) is 5.48. The number of benzene rings is 2. The molecular weight excluding hydrogens is 356 g/mol. The lowest BCUT2D eigenvalue weighted by Gasteiger charge is -2.30. The van der Waals surface area contributed by atoms with Gasteiger partial charge in [-0.25, -0.2) is 0 Å². The fourth-order valence-electron chi connectivity index (χ4n) is 3.98. The molecule has 2 aliphatic rings. The minimum absolute atomic E-state index is 0.0230. The van der Waals surface area contributed by atoms with Crippen molar-refractivity contribution >= 4 is 29.3 Å². The largest absolute Gasteiger partial charge is 0.353 e. The number of amides is 2. The van der Waals surface area contributed by atoms with Gasteiger partial charge in [0, 0.05) is 17.4 Å². The highest BCUT2D eigenvalue weighted by molar-refractivity contribution is 8.01. The third kappa shape index (κ3) is 4.35. The molecule has 0 saturated heterocycles. The Morgan fingerprint density at radius 2 is 1.70 bits per heavy atom. The summed E-state index contributed by atoms with van der Waals surface area (Å²) in [6.45, 7) is 0. The van der Waals surface area contributed by atoms with Crippen LogP contribution in [0.25, 0.3) is 0 Å². The molecule has 2 amide bonds. The number of fused-ring (bicyclic) bond motifs is 1. The summed E-state index contributed by atoms with van der Waals surface area (Å²) < 4.78 is 0. The van der Waals surface area contributed by atoms with Crippen molar-refractivity contribution in [2.24, 2.45) is 0 Å². The molecule has 0 spiro atoms. The molecule has 2 N–H and O–H groups in total. The molecule has 1 fully saturated rings. The third-order valence-corrected chi connectivity index (χ3v) is 6.72. The van der Waals surface area contributed by atoms with E-state index in [1.54, 1.807) is 0 Å². The number of para-hydroxylation sites is 1. The summed E-state index contributed by atoms with van der Waals surface area (Å²) in [6, 6.07) is 18.6. The number of rotatable bonds is 4. The second kappa shape index (κ2) is 8.17. The fraction of sp³-hybridized carbons (Fsp3) is 0.364. The number of nitrogens with one attached hydrogen (secondary N) is 2. The van der Waals surface area contributed by atoms with E-state index in [1.807, 2.05) is 30.3 Å². The van der Waals surface area contributed by atoms with E-state index in [4.69, 9.17) is 0 Å². The molecule has 0 aromatic heterocycles. The molecule has 1 aliphatic heterocycles. The van der Waals surface area contributed by atoms with Crippen LogP contribution in [-0.4, -0.2) is 23.1 Å². The van der Waals surface area contributed by atoms with Crippen molar-refractivity contribution in [1.82, 2.24) is 5.32 Å². The van der Waals surface area contributed by atoms with Crippen molar-refractivity contribution in [2.45, 2.75) is 54.2 Å². The van der Waals surface area contributed by atoms with Crippen molar-refractivity contribution in [3.63, 3.8) is 0 Å². The van der Waals surface area contributed by atoms with Crippen LogP contribution < -0.4 is 10.6 Å². The molecule has 1 unspecified atom stereocenters. The predicted molar refractivity (Wildman–Crippen MR) is 109 cm³/mol. The van der Waals surface area contributed by atoms with E-state index < -0.39 is 0 Å². The molecule has 2 aromatic carbocycles. The SMILES string of the molecule is O=C(CC1Sc2ccccc2NC1=O)NC1CCC(c2ccccc2)CC1. The highest BCUT2D eigenvalue weighted by atomic mass is 32.2. The maximum Gasteiger partial charge on any atom is 0.238 e. The highest BCUT2D eigenvalue weighted by Crippen LogP contribution is 2.37. The molecule has 2 aromatic rings. The molecule has 1 heterocycles. The highest BCUT2D eigenvalue weighted by Gasteiger charge is 2.30. The molecule has 5 heteroatoms. The zero-order valence-electron chi connectivity index (χ0n) is 15.2. The number of anilines is 1. The topological polar surface area (TPSA) is 58.2 Å². The van der Waals surface area contributed by atoms with Crippen LogP contribution in [0.4, 0.5) is 5.69 Å². The molecule has 0 bridgehead atoms. The number of carbonyl (C=O) groups is 2. The lowest BCUT2D eigenvalue weighted by Crippen LogP contribution is -2.40. The maximum atomic E-state index is 12.5. The van der Waals surface area contributed by atoms with E-state index in [-0.39, 0.29) is 29.5 Å². The van der Waals surface area contributed by atoms with Gasteiger partial charge in [-0.3, -0.25) is 9.59 Å². The van der Waals surface area contributed by atoms with Crippen molar-refractivity contribution in [3.8, 4) is 0 Å². The monoisotopic (exact) mass is 380 g/mol. The van der Waals surface area contributed by atoms with Crippen LogP contribution in [0.15, 0.2) is 59.5 Å². The average Bonchev–Trinajstić information content (AvgIpc) is 2.70. The molecule has 1 atom stereocenters. The summed E-state index contributed by atoms with van der Waals surface area (Å²) in [5.74, 6) is 0.488. The van der Waals surface area contributed by atoms with E-state index in [1.165, 1.54) is 17.3 Å². The van der Waals surface area contributed by atoms with Gasteiger partial charge in [-0.05, 0) is 49.3 Å². The molecule has 27 heavy (non-hydrogen) atoms. The molecule has 4 nitrogen and oxygen atoms in total. The predicted octanol–water partition coefficient (Wildman–Crippen LogP) is 4.33. The van der Waals surface area contributed by atoms with Gasteiger partial charge in [0.25, 0.3) is 0 Å². The van der Waals surface area contributed by atoms with Crippen molar-refractivity contribution < 1.29 is 9.59 Å². The first-order valence-electron chi connectivity index (χ1n) is 9.60. The zero-order chi connectivity index (χ0) is 18.6. The van der Waals surface area contributed by atoms with Crippen LogP contribution in [0.5, 0.6) is 0 Å². The number of carbonyl (C=O) groups excluding carboxylic acids is 2. The number of thioether (sulfide) groups is 1. The summed E-state index contributed by atoms with van der Waals surface area (Å²) in [5.41, 5.74) is 2.24. The Balaban J connectivity index is 1.27. The minimum atomic E-state index is -0.361. The standard InChI is InChI=1S/C22H24N2O2S/c25-21(14-20-22(26)24-18-8-4-5-9-19(18)27-20)23-17-12-10-16(11-13-17)15-6-2-1-3-7-15/h1-9,16-17,20H,10-14H2,(H,23,25)(H,24,26). The van der Waals surface area contributed by atoms with Crippen molar-refractivity contribution in [3.05, 3.63) is 60.2 Å². The Hall–Kier alpha value is -2.27. The second-order valence-electron chi connectivity index (χ2n) is 7.32. The van der Waals surface area contributed by atoms with Gasteiger partial charge in [-0.2, -0.15) is 0 Å². The number of hydrogen-bond donors (Lipinski definition) is 2. The van der Waals surface area contributed by atoms with E-state index >= 15 is 0 Å². The molecular formula is C22H24N2O2S. The summed E-state index contributed by atoms with van der Waals surface area (Å²) >= 11 is 1.48. The summed E-state index contributed by atoms with van der Waals surface area (Å²) in [7, 11) is 0. The first-order chi connectivity index (χ1) is 13.2. The van der Waals surface area contributed by atoms with Gasteiger partial charge in [0.05, 0.1) is 10.9 Å². The van der Waals surface area contributed by atoms with Crippen LogP contribution in [0, 0.1) is 0 Å². The second-order valence-corrected chi connectivity index (χ2v) is 8.57. The van der Waals surface area contributed by atoms with E-state index in [0.717, 1.165) is 36.3 Å². The van der Waals surface area contributed by atoms with Crippen molar-refractivity contribution in [2.75, 3.05) is 5.32 Å². The molecule has 0 radical (unpaired) electrons. The van der Waals surface area contributed by atoms with Gasteiger partial charge < -0.3 is 10.6 Å². The first-order valence-corrected chi connectivity index (χ1v) is 10.5. The molecule has 1 aliphatic carbocycles. The zero-order valence-corrected chi connectivity index (χ0v) is 16.0. The van der Waals surface area contributed by atoms with E-state index in [2.05, 4.69) is 34.9 Å². The Bertz CT molecular complexity index is 816. The smallest absolute Gasteiger partial charge is 0.238 e. The maximum absolute atomic E-state index is 12.5. The van der Waals surface area contributed by atoms with Crippen LogP contribution in [0.3, 0.4) is 0 Å². The average molecular weight is 381 g/mol. The molecule has 140 valence electrons. The summed E-state index contributed by atoms with van der Waals surface area (Å²) in [5, 5.41) is 5.69. The summed E-state index contributed by atoms with van der Waals surface area (Å²) in [6.07, 6.45) is 4.42. The Morgan fingerprint density at radius 3 is 2.48 bits per heavy atom. The Labute approximate surface area is 164 Å².